The molecular weight excluding hydrogens is 218 g/mol. The van der Waals surface area contributed by atoms with Gasteiger partial charge in [0.25, 0.3) is 0 Å². The maximum Gasteiger partial charge on any atom is 0.224 e. The molecule has 0 bridgehead atoms. The highest BCUT2D eigenvalue weighted by Gasteiger charge is 2.43. The second-order valence-electron chi connectivity index (χ2n) is 4.66. The molecule has 1 saturated heterocycles. The molecule has 0 aromatic heterocycles. The monoisotopic (exact) mass is 231 g/mol. The molecule has 1 aromatic carbocycles. The van der Waals surface area contributed by atoms with Crippen LogP contribution >= 0.6 is 0 Å². The first kappa shape index (κ1) is 10.3. The molecule has 4 heteroatoms. The molecule has 0 aliphatic carbocycles. The van der Waals surface area contributed by atoms with E-state index in [0.717, 1.165) is 0 Å². The summed E-state index contributed by atoms with van der Waals surface area (Å²) >= 11 is 0. The summed E-state index contributed by atoms with van der Waals surface area (Å²) in [6.07, 6.45) is 1.27. The fourth-order valence-electron chi connectivity index (χ4n) is 2.55. The van der Waals surface area contributed by atoms with Gasteiger partial charge in [-0.2, -0.15) is 0 Å². The Labute approximate surface area is 99.0 Å². The van der Waals surface area contributed by atoms with Gasteiger partial charge in [-0.1, -0.05) is 12.1 Å². The van der Waals surface area contributed by atoms with Gasteiger partial charge in [-0.3, -0.25) is 9.59 Å². The number of fused-ring (bicyclic) bond motifs is 1. The van der Waals surface area contributed by atoms with E-state index in [0.29, 0.717) is 30.7 Å². The Kier molecular flexibility index (Phi) is 2.18. The van der Waals surface area contributed by atoms with Crippen LogP contribution in [0, 0.1) is 0 Å². The fourth-order valence-corrected chi connectivity index (χ4v) is 2.55. The number of carbonyl (C=O) groups is 2. The van der Waals surface area contributed by atoms with Gasteiger partial charge in [-0.15, -0.1) is 0 Å². The number of piperidine rings is 1. The predicted molar refractivity (Wildman–Crippen MR) is 61.0 cm³/mol. The van der Waals surface area contributed by atoms with Crippen LogP contribution in [0.1, 0.15) is 29.6 Å². The number of hydrogen-bond donors (Lipinski definition) is 1. The SMILES string of the molecule is O=C1CC2(CCN1)CC(=O)c1ccccc1O2. The van der Waals surface area contributed by atoms with Crippen LogP contribution < -0.4 is 10.1 Å². The first-order chi connectivity index (χ1) is 8.19. The van der Waals surface area contributed by atoms with Crippen molar-refractivity contribution >= 4 is 11.7 Å². The minimum atomic E-state index is -0.617. The summed E-state index contributed by atoms with van der Waals surface area (Å²) in [6.45, 7) is 0.578. The van der Waals surface area contributed by atoms with Crippen molar-refractivity contribution in [2.24, 2.45) is 0 Å². The second kappa shape index (κ2) is 3.58. The molecule has 1 fully saturated rings. The van der Waals surface area contributed by atoms with Crippen LogP contribution in [0.4, 0.5) is 0 Å². The predicted octanol–water partition coefficient (Wildman–Crippen LogP) is 1.30. The van der Waals surface area contributed by atoms with Crippen molar-refractivity contribution in [1.29, 1.82) is 0 Å². The van der Waals surface area contributed by atoms with Gasteiger partial charge in [-0.25, -0.2) is 0 Å². The third-order valence-corrected chi connectivity index (χ3v) is 3.38. The number of ketones is 1. The molecule has 1 spiro atoms. The molecule has 2 aliphatic heterocycles. The molecule has 0 saturated carbocycles. The molecule has 1 atom stereocenters. The van der Waals surface area contributed by atoms with Gasteiger partial charge in [0.15, 0.2) is 5.78 Å². The molecule has 1 N–H and O–H groups in total. The van der Waals surface area contributed by atoms with Crippen molar-refractivity contribution in [2.45, 2.75) is 24.9 Å². The average Bonchev–Trinajstić information content (AvgIpc) is 2.28. The summed E-state index contributed by atoms with van der Waals surface area (Å²) in [5, 5.41) is 2.76. The molecule has 1 unspecified atom stereocenters. The van der Waals surface area contributed by atoms with Crippen LogP contribution in [0.15, 0.2) is 24.3 Å². The van der Waals surface area contributed by atoms with Gasteiger partial charge in [0.1, 0.15) is 11.4 Å². The van der Waals surface area contributed by atoms with Crippen LogP contribution in [-0.2, 0) is 4.79 Å². The number of hydrogen-bond acceptors (Lipinski definition) is 3. The largest absolute Gasteiger partial charge is 0.485 e. The number of carbonyl (C=O) groups excluding carboxylic acids is 2. The van der Waals surface area contributed by atoms with E-state index in [9.17, 15) is 9.59 Å². The Bertz CT molecular complexity index is 497. The van der Waals surface area contributed by atoms with E-state index < -0.39 is 5.60 Å². The van der Waals surface area contributed by atoms with Crippen molar-refractivity contribution in [3.8, 4) is 5.75 Å². The maximum absolute atomic E-state index is 12.1. The molecule has 2 aliphatic rings. The van der Waals surface area contributed by atoms with Gasteiger partial charge in [0.05, 0.1) is 18.4 Å². The van der Waals surface area contributed by atoms with E-state index in [-0.39, 0.29) is 18.1 Å². The van der Waals surface area contributed by atoms with Crippen molar-refractivity contribution in [3.05, 3.63) is 29.8 Å². The first-order valence-electron chi connectivity index (χ1n) is 5.77. The number of Topliss-reactive ketones (excluding diaryl/α,β-unsaturated/α-hetero) is 1. The van der Waals surface area contributed by atoms with Crippen molar-refractivity contribution in [1.82, 2.24) is 5.32 Å². The highest BCUT2D eigenvalue weighted by Crippen LogP contribution is 2.37. The highest BCUT2D eigenvalue weighted by atomic mass is 16.5. The van der Waals surface area contributed by atoms with Crippen LogP contribution in [0.2, 0.25) is 0 Å². The molecule has 0 radical (unpaired) electrons. The Morgan fingerprint density at radius 2 is 2.00 bits per heavy atom. The number of benzene rings is 1. The molecule has 17 heavy (non-hydrogen) atoms. The summed E-state index contributed by atoms with van der Waals surface area (Å²) in [5.41, 5.74) is 0.0115. The third-order valence-electron chi connectivity index (χ3n) is 3.38. The van der Waals surface area contributed by atoms with Gasteiger partial charge < -0.3 is 10.1 Å². The van der Waals surface area contributed by atoms with Gasteiger partial charge in [0, 0.05) is 13.0 Å². The summed E-state index contributed by atoms with van der Waals surface area (Å²) < 4.78 is 5.92. The van der Waals surface area contributed by atoms with Gasteiger partial charge in [0.2, 0.25) is 5.91 Å². The summed E-state index contributed by atoms with van der Waals surface area (Å²) in [5.74, 6) is 0.642. The smallest absolute Gasteiger partial charge is 0.224 e. The van der Waals surface area contributed by atoms with Crippen LogP contribution in [0.25, 0.3) is 0 Å². The first-order valence-corrected chi connectivity index (χ1v) is 5.77. The van der Waals surface area contributed by atoms with Crippen LogP contribution in [-0.4, -0.2) is 23.8 Å². The topological polar surface area (TPSA) is 55.4 Å². The minimum Gasteiger partial charge on any atom is -0.485 e. The minimum absolute atomic E-state index is 0.0385. The summed E-state index contributed by atoms with van der Waals surface area (Å²) in [6, 6.07) is 7.23. The summed E-state index contributed by atoms with van der Waals surface area (Å²) in [7, 11) is 0. The molecule has 1 amide bonds. The lowest BCUT2D eigenvalue weighted by atomic mass is 9.83. The molecule has 1 aromatic rings. The van der Waals surface area contributed by atoms with E-state index in [1.807, 2.05) is 12.1 Å². The molecule has 3 rings (SSSR count). The standard InChI is InChI=1S/C13H13NO3/c15-10-7-13(5-6-14-12(16)8-13)17-11-4-2-1-3-9(10)11/h1-4H,5-8H2,(H,14,16). The number of nitrogens with one attached hydrogen (secondary N) is 1. The van der Waals surface area contributed by atoms with E-state index in [1.165, 1.54) is 0 Å². The number of amides is 1. The fraction of sp³-hybridized carbons (Fsp3) is 0.385. The van der Waals surface area contributed by atoms with Gasteiger partial charge >= 0.3 is 0 Å². The average molecular weight is 231 g/mol. The Morgan fingerprint density at radius 1 is 1.18 bits per heavy atom. The zero-order valence-electron chi connectivity index (χ0n) is 9.36. The number of rotatable bonds is 0. The van der Waals surface area contributed by atoms with Crippen molar-refractivity contribution in [3.63, 3.8) is 0 Å². The van der Waals surface area contributed by atoms with Gasteiger partial charge in [-0.05, 0) is 12.1 Å². The maximum atomic E-state index is 12.1. The second-order valence-corrected chi connectivity index (χ2v) is 4.66. The Balaban J connectivity index is 1.97. The Morgan fingerprint density at radius 3 is 2.82 bits per heavy atom. The molecular formula is C13H13NO3. The van der Waals surface area contributed by atoms with Crippen molar-refractivity contribution < 1.29 is 14.3 Å². The normalized spacial score (nSPS) is 27.3. The van der Waals surface area contributed by atoms with E-state index >= 15 is 0 Å². The van der Waals surface area contributed by atoms with Crippen molar-refractivity contribution in [2.75, 3.05) is 6.54 Å². The lowest BCUT2D eigenvalue weighted by Gasteiger charge is -2.40. The molecule has 88 valence electrons. The van der Waals surface area contributed by atoms with Crippen LogP contribution in [0.3, 0.4) is 0 Å². The Hall–Kier alpha value is -1.84. The lowest BCUT2D eigenvalue weighted by molar-refractivity contribution is -0.128. The highest BCUT2D eigenvalue weighted by molar-refractivity contribution is 6.00. The van der Waals surface area contributed by atoms with E-state index in [1.54, 1.807) is 12.1 Å². The van der Waals surface area contributed by atoms with Crippen LogP contribution in [0.5, 0.6) is 5.75 Å². The molecule has 2 heterocycles. The third kappa shape index (κ3) is 1.69. The van der Waals surface area contributed by atoms with E-state index in [4.69, 9.17) is 4.74 Å². The zero-order chi connectivity index (χ0) is 11.9. The zero-order valence-corrected chi connectivity index (χ0v) is 9.36. The summed E-state index contributed by atoms with van der Waals surface area (Å²) in [4.78, 5) is 23.5. The quantitative estimate of drug-likeness (QED) is 0.732. The lowest BCUT2D eigenvalue weighted by Crippen LogP contribution is -2.52. The van der Waals surface area contributed by atoms with E-state index in [2.05, 4.69) is 5.32 Å². The number of ether oxygens (including phenoxy) is 1. The molecule has 4 nitrogen and oxygen atoms in total. The number of para-hydroxylation sites is 1.